The smallest absolute Gasteiger partial charge is 0.306 e. The standard InChI is InChI=1S/C19H27NO4/c1-14-6-3-4-7-17(14)24-13-5-12-20(2)18(21)15-8-10-16(11-9-15)19(22)23/h3-4,6-7,15-16H,5,8-13H2,1-2H3,(H,22,23). The van der Waals surface area contributed by atoms with Crippen LogP contribution in [-0.4, -0.2) is 42.1 Å². The van der Waals surface area contributed by atoms with Crippen LogP contribution < -0.4 is 4.74 Å². The number of carboxylic acid groups (broad SMARTS) is 1. The van der Waals surface area contributed by atoms with Crippen LogP contribution in [0.3, 0.4) is 0 Å². The van der Waals surface area contributed by atoms with E-state index in [4.69, 9.17) is 9.84 Å². The zero-order valence-corrected chi connectivity index (χ0v) is 14.5. The molecule has 1 aromatic carbocycles. The molecule has 0 unspecified atom stereocenters. The third-order valence-electron chi connectivity index (χ3n) is 4.79. The van der Waals surface area contributed by atoms with E-state index in [0.29, 0.717) is 38.8 Å². The molecule has 0 radical (unpaired) electrons. The summed E-state index contributed by atoms with van der Waals surface area (Å²) < 4.78 is 5.75. The minimum atomic E-state index is -0.734. The van der Waals surface area contributed by atoms with E-state index in [2.05, 4.69) is 0 Å². The summed E-state index contributed by atoms with van der Waals surface area (Å²) in [4.78, 5) is 25.2. The fourth-order valence-corrected chi connectivity index (χ4v) is 3.21. The molecule has 5 heteroatoms. The van der Waals surface area contributed by atoms with Crippen LogP contribution in [0, 0.1) is 18.8 Å². The number of benzene rings is 1. The molecule has 0 atom stereocenters. The monoisotopic (exact) mass is 333 g/mol. The molecule has 1 aliphatic rings. The summed E-state index contributed by atoms with van der Waals surface area (Å²) >= 11 is 0. The Morgan fingerprint density at radius 3 is 2.42 bits per heavy atom. The van der Waals surface area contributed by atoms with Gasteiger partial charge in [-0.3, -0.25) is 9.59 Å². The molecule has 1 amide bonds. The normalized spacial score (nSPS) is 20.4. The van der Waals surface area contributed by atoms with Gasteiger partial charge in [-0.2, -0.15) is 0 Å². The first-order valence-corrected chi connectivity index (χ1v) is 8.65. The van der Waals surface area contributed by atoms with Gasteiger partial charge in [0.05, 0.1) is 12.5 Å². The number of aryl methyl sites for hydroxylation is 1. The van der Waals surface area contributed by atoms with E-state index in [1.807, 2.05) is 38.2 Å². The van der Waals surface area contributed by atoms with Crippen LogP contribution in [0.25, 0.3) is 0 Å². The SMILES string of the molecule is Cc1ccccc1OCCCN(C)C(=O)C1CCC(C(=O)O)CC1. The Bertz CT molecular complexity index is 564. The van der Waals surface area contributed by atoms with Gasteiger partial charge in [0.2, 0.25) is 5.91 Å². The lowest BCUT2D eigenvalue weighted by molar-refractivity contribution is -0.145. The van der Waals surface area contributed by atoms with Crippen LogP contribution in [0.1, 0.15) is 37.7 Å². The molecule has 5 nitrogen and oxygen atoms in total. The highest BCUT2D eigenvalue weighted by Crippen LogP contribution is 2.30. The Morgan fingerprint density at radius 2 is 1.79 bits per heavy atom. The lowest BCUT2D eigenvalue weighted by Gasteiger charge is -2.29. The number of carboxylic acids is 1. The van der Waals surface area contributed by atoms with E-state index in [9.17, 15) is 9.59 Å². The second kappa shape index (κ2) is 8.71. The van der Waals surface area contributed by atoms with Crippen molar-refractivity contribution in [2.24, 2.45) is 11.8 Å². The van der Waals surface area contributed by atoms with Crippen molar-refractivity contribution in [1.82, 2.24) is 4.90 Å². The third kappa shape index (κ3) is 4.98. The van der Waals surface area contributed by atoms with Crippen LogP contribution in [-0.2, 0) is 9.59 Å². The molecule has 0 saturated heterocycles. The first-order chi connectivity index (χ1) is 11.5. The van der Waals surface area contributed by atoms with E-state index in [-0.39, 0.29) is 17.7 Å². The summed E-state index contributed by atoms with van der Waals surface area (Å²) in [6.07, 6.45) is 3.35. The van der Waals surface area contributed by atoms with Gasteiger partial charge in [-0.1, -0.05) is 18.2 Å². The van der Waals surface area contributed by atoms with Crippen molar-refractivity contribution in [2.75, 3.05) is 20.2 Å². The lowest BCUT2D eigenvalue weighted by Crippen LogP contribution is -2.36. The van der Waals surface area contributed by atoms with Crippen LogP contribution in [0.5, 0.6) is 5.75 Å². The van der Waals surface area contributed by atoms with Crippen molar-refractivity contribution in [2.45, 2.75) is 39.0 Å². The Labute approximate surface area is 143 Å². The molecule has 1 aromatic rings. The molecule has 1 aliphatic carbocycles. The van der Waals surface area contributed by atoms with Crippen LogP contribution in [0.4, 0.5) is 0 Å². The Morgan fingerprint density at radius 1 is 1.17 bits per heavy atom. The lowest BCUT2D eigenvalue weighted by atomic mass is 9.81. The Balaban J connectivity index is 1.69. The topological polar surface area (TPSA) is 66.8 Å². The van der Waals surface area contributed by atoms with Gasteiger partial charge in [0.15, 0.2) is 0 Å². The number of carbonyl (C=O) groups is 2. The summed E-state index contributed by atoms with van der Waals surface area (Å²) in [5, 5.41) is 9.02. The molecule has 1 saturated carbocycles. The van der Waals surface area contributed by atoms with Gasteiger partial charge < -0.3 is 14.7 Å². The molecular formula is C19H27NO4. The summed E-state index contributed by atoms with van der Waals surface area (Å²) in [6.45, 7) is 3.25. The number of carbonyl (C=O) groups excluding carboxylic acids is 1. The summed E-state index contributed by atoms with van der Waals surface area (Å²) in [7, 11) is 1.82. The first kappa shape index (κ1) is 18.3. The predicted octanol–water partition coefficient (Wildman–Crippen LogP) is 3.11. The minimum Gasteiger partial charge on any atom is -0.493 e. The minimum absolute atomic E-state index is 0.0251. The average molecular weight is 333 g/mol. The number of hydrogen-bond acceptors (Lipinski definition) is 3. The van der Waals surface area contributed by atoms with Crippen molar-refractivity contribution in [1.29, 1.82) is 0 Å². The first-order valence-electron chi connectivity index (χ1n) is 8.65. The zero-order valence-electron chi connectivity index (χ0n) is 14.5. The molecule has 2 rings (SSSR count). The van der Waals surface area contributed by atoms with Gasteiger partial charge in [0, 0.05) is 19.5 Å². The van der Waals surface area contributed by atoms with E-state index >= 15 is 0 Å². The number of hydrogen-bond donors (Lipinski definition) is 1. The molecule has 0 aliphatic heterocycles. The molecule has 24 heavy (non-hydrogen) atoms. The second-order valence-electron chi connectivity index (χ2n) is 6.61. The summed E-state index contributed by atoms with van der Waals surface area (Å²) in [5.74, 6) is -0.0134. The maximum atomic E-state index is 12.4. The Hall–Kier alpha value is -2.04. The van der Waals surface area contributed by atoms with Crippen LogP contribution in [0.15, 0.2) is 24.3 Å². The van der Waals surface area contributed by atoms with Crippen molar-refractivity contribution in [3.63, 3.8) is 0 Å². The van der Waals surface area contributed by atoms with Crippen molar-refractivity contribution >= 4 is 11.9 Å². The van der Waals surface area contributed by atoms with E-state index in [0.717, 1.165) is 17.7 Å². The maximum Gasteiger partial charge on any atom is 0.306 e. The fraction of sp³-hybridized carbons (Fsp3) is 0.579. The third-order valence-corrected chi connectivity index (χ3v) is 4.79. The predicted molar refractivity (Wildman–Crippen MR) is 92.0 cm³/mol. The fourth-order valence-electron chi connectivity index (χ4n) is 3.21. The molecule has 0 bridgehead atoms. The molecular weight excluding hydrogens is 306 g/mol. The van der Waals surface area contributed by atoms with Crippen LogP contribution in [0.2, 0.25) is 0 Å². The number of aliphatic carboxylic acids is 1. The molecule has 1 N–H and O–H groups in total. The van der Waals surface area contributed by atoms with Gasteiger partial charge >= 0.3 is 5.97 Å². The highest BCUT2D eigenvalue weighted by Gasteiger charge is 2.30. The summed E-state index contributed by atoms with van der Waals surface area (Å²) in [5.41, 5.74) is 1.11. The van der Waals surface area contributed by atoms with E-state index < -0.39 is 5.97 Å². The van der Waals surface area contributed by atoms with Crippen molar-refractivity contribution in [3.05, 3.63) is 29.8 Å². The zero-order chi connectivity index (χ0) is 17.5. The molecule has 0 heterocycles. The largest absolute Gasteiger partial charge is 0.493 e. The number of ether oxygens (including phenoxy) is 1. The average Bonchev–Trinajstić information content (AvgIpc) is 2.59. The number of para-hydroxylation sites is 1. The second-order valence-corrected chi connectivity index (χ2v) is 6.61. The quantitative estimate of drug-likeness (QED) is 0.779. The van der Waals surface area contributed by atoms with E-state index in [1.54, 1.807) is 4.90 Å². The van der Waals surface area contributed by atoms with Gasteiger partial charge in [0.1, 0.15) is 5.75 Å². The van der Waals surface area contributed by atoms with Gasteiger partial charge in [-0.25, -0.2) is 0 Å². The molecule has 132 valence electrons. The number of nitrogens with zero attached hydrogens (tertiary/aromatic N) is 1. The highest BCUT2D eigenvalue weighted by molar-refractivity contribution is 5.79. The summed E-state index contributed by atoms with van der Waals surface area (Å²) in [6, 6.07) is 7.89. The number of rotatable bonds is 7. The van der Waals surface area contributed by atoms with Crippen molar-refractivity contribution < 1.29 is 19.4 Å². The van der Waals surface area contributed by atoms with E-state index in [1.165, 1.54) is 0 Å². The Kier molecular flexibility index (Phi) is 6.64. The van der Waals surface area contributed by atoms with Gasteiger partial charge in [-0.05, 0) is 50.7 Å². The van der Waals surface area contributed by atoms with Gasteiger partial charge in [0.25, 0.3) is 0 Å². The number of amides is 1. The van der Waals surface area contributed by atoms with Crippen LogP contribution >= 0.6 is 0 Å². The van der Waals surface area contributed by atoms with Crippen molar-refractivity contribution in [3.8, 4) is 5.75 Å². The molecule has 1 fully saturated rings. The molecule has 0 aromatic heterocycles. The van der Waals surface area contributed by atoms with Gasteiger partial charge in [-0.15, -0.1) is 0 Å². The molecule has 0 spiro atoms. The highest BCUT2D eigenvalue weighted by atomic mass is 16.5. The maximum absolute atomic E-state index is 12.4.